The van der Waals surface area contributed by atoms with Crippen LogP contribution in [0.15, 0.2) is 77.7 Å². The standard InChI is InChI=1S/C23H18N2O3S/c1-15-8-11-22(29-15)20-14-25(23(28)24-20)18-6-3-5-17(13-18)21(27)10-9-16-4-2-7-19(26)12-16/h2-14,26H,1H3,(H,24,28). The highest BCUT2D eigenvalue weighted by Crippen LogP contribution is 2.26. The highest BCUT2D eigenvalue weighted by Gasteiger charge is 2.10. The van der Waals surface area contributed by atoms with Gasteiger partial charge in [-0.05, 0) is 55.0 Å². The monoisotopic (exact) mass is 402 g/mol. The van der Waals surface area contributed by atoms with Crippen LogP contribution in [-0.4, -0.2) is 20.4 Å². The molecule has 0 aliphatic heterocycles. The van der Waals surface area contributed by atoms with Crippen molar-refractivity contribution in [3.05, 3.63) is 99.4 Å². The number of thiophene rings is 1. The summed E-state index contributed by atoms with van der Waals surface area (Å²) < 4.78 is 1.50. The summed E-state index contributed by atoms with van der Waals surface area (Å²) >= 11 is 1.61. The Morgan fingerprint density at radius 1 is 1.10 bits per heavy atom. The zero-order valence-electron chi connectivity index (χ0n) is 15.6. The zero-order valence-corrected chi connectivity index (χ0v) is 16.4. The van der Waals surface area contributed by atoms with Crippen LogP contribution in [0.2, 0.25) is 0 Å². The molecule has 6 heteroatoms. The van der Waals surface area contributed by atoms with E-state index in [9.17, 15) is 14.7 Å². The minimum Gasteiger partial charge on any atom is -0.508 e. The third-order valence-electron chi connectivity index (χ3n) is 4.43. The van der Waals surface area contributed by atoms with Crippen molar-refractivity contribution in [1.29, 1.82) is 0 Å². The van der Waals surface area contributed by atoms with Crippen molar-refractivity contribution in [2.75, 3.05) is 0 Å². The van der Waals surface area contributed by atoms with Crippen LogP contribution in [0.4, 0.5) is 0 Å². The maximum absolute atomic E-state index is 12.6. The summed E-state index contributed by atoms with van der Waals surface area (Å²) in [5, 5.41) is 9.52. The van der Waals surface area contributed by atoms with Gasteiger partial charge in [0.15, 0.2) is 5.78 Å². The predicted molar refractivity (Wildman–Crippen MR) is 116 cm³/mol. The minimum absolute atomic E-state index is 0.144. The lowest BCUT2D eigenvalue weighted by Gasteiger charge is -2.03. The Morgan fingerprint density at radius 2 is 1.93 bits per heavy atom. The molecule has 4 aromatic rings. The molecule has 0 radical (unpaired) electrons. The molecule has 4 rings (SSSR count). The van der Waals surface area contributed by atoms with Gasteiger partial charge in [0, 0.05) is 16.6 Å². The number of ketones is 1. The number of aromatic hydroxyl groups is 1. The van der Waals surface area contributed by atoms with Crippen LogP contribution in [0.5, 0.6) is 5.75 Å². The number of rotatable bonds is 5. The first-order valence-electron chi connectivity index (χ1n) is 9.00. The normalized spacial score (nSPS) is 11.2. The summed E-state index contributed by atoms with van der Waals surface area (Å²) in [4.78, 5) is 30.0. The fourth-order valence-corrected chi connectivity index (χ4v) is 3.83. The molecule has 0 fully saturated rings. The van der Waals surface area contributed by atoms with Crippen molar-refractivity contribution in [3.63, 3.8) is 0 Å². The lowest BCUT2D eigenvalue weighted by molar-refractivity contribution is 0.104. The molecule has 144 valence electrons. The quantitative estimate of drug-likeness (QED) is 0.372. The largest absolute Gasteiger partial charge is 0.508 e. The van der Waals surface area contributed by atoms with Gasteiger partial charge >= 0.3 is 5.69 Å². The number of carbonyl (C=O) groups excluding carboxylic acids is 1. The number of phenolic OH excluding ortho intramolecular Hbond substituents is 1. The molecule has 0 saturated heterocycles. The van der Waals surface area contributed by atoms with E-state index >= 15 is 0 Å². The van der Waals surface area contributed by atoms with Gasteiger partial charge in [0.1, 0.15) is 5.75 Å². The molecular weight excluding hydrogens is 384 g/mol. The molecule has 0 aliphatic rings. The number of aromatic amines is 1. The molecular formula is C23H18N2O3S. The SMILES string of the molecule is Cc1ccc(-c2cn(-c3cccc(C(=O)C=Cc4cccc(O)c4)c3)c(=O)[nH]2)s1. The van der Waals surface area contributed by atoms with E-state index in [4.69, 9.17) is 0 Å². The molecule has 0 saturated carbocycles. The second-order valence-electron chi connectivity index (χ2n) is 6.60. The molecule has 2 heterocycles. The Labute approximate surface area is 171 Å². The summed E-state index contributed by atoms with van der Waals surface area (Å²) in [6.45, 7) is 2.02. The van der Waals surface area contributed by atoms with E-state index in [2.05, 4.69) is 4.98 Å². The van der Waals surface area contributed by atoms with Gasteiger partial charge in [-0.2, -0.15) is 0 Å². The topological polar surface area (TPSA) is 75.1 Å². The van der Waals surface area contributed by atoms with E-state index in [1.165, 1.54) is 15.5 Å². The average Bonchev–Trinajstić information content (AvgIpc) is 3.32. The number of hydrogen-bond donors (Lipinski definition) is 2. The van der Waals surface area contributed by atoms with E-state index in [0.29, 0.717) is 11.3 Å². The van der Waals surface area contributed by atoms with Crippen molar-refractivity contribution >= 4 is 23.2 Å². The van der Waals surface area contributed by atoms with Crippen LogP contribution in [0.1, 0.15) is 20.8 Å². The fourth-order valence-electron chi connectivity index (χ4n) is 3.00. The number of aryl methyl sites for hydroxylation is 1. The van der Waals surface area contributed by atoms with Gasteiger partial charge in [-0.1, -0.05) is 30.3 Å². The molecule has 29 heavy (non-hydrogen) atoms. The number of nitrogens with one attached hydrogen (secondary N) is 1. The number of imidazole rings is 1. The fraction of sp³-hybridized carbons (Fsp3) is 0.0435. The van der Waals surface area contributed by atoms with Crippen molar-refractivity contribution in [1.82, 2.24) is 9.55 Å². The molecule has 2 aromatic heterocycles. The van der Waals surface area contributed by atoms with E-state index < -0.39 is 0 Å². The van der Waals surface area contributed by atoms with Gasteiger partial charge < -0.3 is 10.1 Å². The van der Waals surface area contributed by atoms with Crippen molar-refractivity contribution in [2.45, 2.75) is 6.92 Å². The number of aromatic nitrogens is 2. The number of carbonyl (C=O) groups is 1. The van der Waals surface area contributed by atoms with Gasteiger partial charge in [-0.25, -0.2) is 4.79 Å². The van der Waals surface area contributed by atoms with E-state index in [1.807, 2.05) is 19.1 Å². The Balaban J connectivity index is 1.61. The molecule has 0 atom stereocenters. The van der Waals surface area contributed by atoms with E-state index in [1.54, 1.807) is 72.1 Å². The van der Waals surface area contributed by atoms with E-state index in [0.717, 1.165) is 16.1 Å². The molecule has 0 aliphatic carbocycles. The molecule has 0 bridgehead atoms. The minimum atomic E-state index is -0.258. The second kappa shape index (κ2) is 7.77. The van der Waals surface area contributed by atoms with Crippen LogP contribution in [0.25, 0.3) is 22.3 Å². The Bertz CT molecular complexity index is 1280. The third-order valence-corrected chi connectivity index (χ3v) is 5.46. The molecule has 5 nitrogen and oxygen atoms in total. The number of allylic oxidation sites excluding steroid dienone is 1. The lowest BCUT2D eigenvalue weighted by atomic mass is 10.1. The van der Waals surface area contributed by atoms with Crippen LogP contribution in [0, 0.1) is 6.92 Å². The average molecular weight is 402 g/mol. The number of benzene rings is 2. The summed E-state index contributed by atoms with van der Waals surface area (Å²) in [6, 6.07) is 17.6. The molecule has 0 unspecified atom stereocenters. The second-order valence-corrected chi connectivity index (χ2v) is 7.88. The summed E-state index contributed by atoms with van der Waals surface area (Å²) in [5.41, 5.74) is 2.30. The van der Waals surface area contributed by atoms with E-state index in [-0.39, 0.29) is 17.2 Å². The van der Waals surface area contributed by atoms with Gasteiger partial charge in [-0.3, -0.25) is 9.36 Å². The summed E-state index contributed by atoms with van der Waals surface area (Å²) in [5.74, 6) is -0.0435. The summed E-state index contributed by atoms with van der Waals surface area (Å²) in [6.07, 6.45) is 4.85. The summed E-state index contributed by atoms with van der Waals surface area (Å²) in [7, 11) is 0. The van der Waals surface area contributed by atoms with Crippen LogP contribution in [0.3, 0.4) is 0 Å². The third kappa shape index (κ3) is 4.12. The number of H-pyrrole nitrogens is 1. The van der Waals surface area contributed by atoms with Crippen LogP contribution < -0.4 is 5.69 Å². The maximum atomic E-state index is 12.6. The Kier molecular flexibility index (Phi) is 5.01. The molecule has 0 spiro atoms. The zero-order chi connectivity index (χ0) is 20.4. The maximum Gasteiger partial charge on any atom is 0.330 e. The molecule has 2 N–H and O–H groups in total. The highest BCUT2D eigenvalue weighted by molar-refractivity contribution is 7.15. The predicted octanol–water partition coefficient (Wildman–Crippen LogP) is 4.80. The van der Waals surface area contributed by atoms with Gasteiger partial charge in [-0.15, -0.1) is 11.3 Å². The Morgan fingerprint density at radius 3 is 2.69 bits per heavy atom. The van der Waals surface area contributed by atoms with Crippen LogP contribution in [-0.2, 0) is 0 Å². The van der Waals surface area contributed by atoms with Crippen molar-refractivity contribution < 1.29 is 9.90 Å². The van der Waals surface area contributed by atoms with Crippen molar-refractivity contribution in [3.8, 4) is 22.0 Å². The smallest absolute Gasteiger partial charge is 0.330 e. The Hall–Kier alpha value is -3.64. The first kappa shape index (κ1) is 18.7. The van der Waals surface area contributed by atoms with Crippen LogP contribution >= 0.6 is 11.3 Å². The first-order valence-corrected chi connectivity index (χ1v) is 9.81. The highest BCUT2D eigenvalue weighted by atomic mass is 32.1. The number of hydrogen-bond acceptors (Lipinski definition) is 4. The lowest BCUT2D eigenvalue weighted by Crippen LogP contribution is -2.14. The number of nitrogens with zero attached hydrogens (tertiary/aromatic N) is 1. The van der Waals surface area contributed by atoms with Gasteiger partial charge in [0.2, 0.25) is 0 Å². The first-order chi connectivity index (χ1) is 14.0. The van der Waals surface area contributed by atoms with Gasteiger partial charge in [0.25, 0.3) is 0 Å². The molecule has 2 aromatic carbocycles. The van der Waals surface area contributed by atoms with Crippen molar-refractivity contribution in [2.24, 2.45) is 0 Å². The van der Waals surface area contributed by atoms with Gasteiger partial charge in [0.05, 0.1) is 16.3 Å². The number of phenols is 1. The molecule has 0 amide bonds.